The van der Waals surface area contributed by atoms with E-state index in [1.54, 1.807) is 6.07 Å². The fourth-order valence-corrected chi connectivity index (χ4v) is 4.87. The maximum atomic E-state index is 12.2. The van der Waals surface area contributed by atoms with E-state index in [1.807, 2.05) is 30.3 Å². The quantitative estimate of drug-likeness (QED) is 0.515. The Kier molecular flexibility index (Phi) is 7.36. The van der Waals surface area contributed by atoms with Gasteiger partial charge < -0.3 is 15.0 Å². The highest BCUT2D eigenvalue weighted by atomic mass is 32.1. The van der Waals surface area contributed by atoms with Crippen LogP contribution < -0.4 is 15.5 Å². The normalized spacial score (nSPS) is 10.6. The third-order valence-corrected chi connectivity index (χ3v) is 6.40. The lowest BCUT2D eigenvalue weighted by atomic mass is 10.2. The first kappa shape index (κ1) is 21.7. The number of anilines is 1. The van der Waals surface area contributed by atoms with Gasteiger partial charge in [0, 0.05) is 19.6 Å². The predicted molar refractivity (Wildman–Crippen MR) is 118 cm³/mol. The van der Waals surface area contributed by atoms with E-state index >= 15 is 0 Å². The van der Waals surface area contributed by atoms with Crippen molar-refractivity contribution in [3.63, 3.8) is 0 Å². The van der Waals surface area contributed by atoms with Gasteiger partial charge in [-0.2, -0.15) is 0 Å². The molecule has 3 amide bonds. The number of imide groups is 1. The fourth-order valence-electron chi connectivity index (χ4n) is 2.64. The maximum Gasteiger partial charge on any atom is 0.348 e. The third-order valence-electron chi connectivity index (χ3n) is 4.20. The molecule has 0 bridgehead atoms. The second kappa shape index (κ2) is 10.2. The van der Waals surface area contributed by atoms with Crippen LogP contribution in [0, 0.1) is 0 Å². The van der Waals surface area contributed by atoms with Crippen molar-refractivity contribution < 1.29 is 19.1 Å². The molecule has 3 aromatic rings. The summed E-state index contributed by atoms with van der Waals surface area (Å²) in [6.07, 6.45) is 0. The molecule has 0 fully saturated rings. The molecule has 10 heteroatoms. The highest BCUT2D eigenvalue weighted by molar-refractivity contribution is 7.29. The van der Waals surface area contributed by atoms with Gasteiger partial charge in [-0.1, -0.05) is 41.7 Å². The molecule has 0 aliphatic rings. The Morgan fingerprint density at radius 3 is 2.50 bits per heavy atom. The highest BCUT2D eigenvalue weighted by Gasteiger charge is 2.18. The van der Waals surface area contributed by atoms with Crippen molar-refractivity contribution in [1.82, 2.24) is 15.6 Å². The van der Waals surface area contributed by atoms with Crippen LogP contribution in [0.1, 0.15) is 29.1 Å². The van der Waals surface area contributed by atoms with E-state index in [9.17, 15) is 14.4 Å². The lowest BCUT2D eigenvalue weighted by Gasteiger charge is -2.16. The number of hydrogen-bond acceptors (Lipinski definition) is 8. The molecule has 0 unspecified atom stereocenters. The minimum absolute atomic E-state index is 0.286. The standard InChI is InChI=1S/C20H22N4O4S2/c1-3-24(4-2)20-23-17-14(30-20)10-15(29-17)18(26)28-12-16(25)22-19(27)21-11-13-8-6-5-7-9-13/h5-10H,3-4,11-12H2,1-2H3,(H2,21,22,25,27). The van der Waals surface area contributed by atoms with Crippen LogP contribution in [0.15, 0.2) is 36.4 Å². The molecule has 8 nitrogen and oxygen atoms in total. The summed E-state index contributed by atoms with van der Waals surface area (Å²) >= 11 is 2.74. The van der Waals surface area contributed by atoms with E-state index in [-0.39, 0.29) is 6.54 Å². The number of amides is 3. The largest absolute Gasteiger partial charge is 0.451 e. The molecule has 0 radical (unpaired) electrons. The number of carbonyl (C=O) groups is 3. The van der Waals surface area contributed by atoms with E-state index in [1.165, 1.54) is 22.7 Å². The Morgan fingerprint density at radius 2 is 1.83 bits per heavy atom. The number of hydrogen-bond donors (Lipinski definition) is 2. The summed E-state index contributed by atoms with van der Waals surface area (Å²) in [4.78, 5) is 43.7. The SMILES string of the molecule is CCN(CC)c1nc2sc(C(=O)OCC(=O)NC(=O)NCc3ccccc3)cc2s1. The number of nitrogens with one attached hydrogen (secondary N) is 2. The van der Waals surface area contributed by atoms with E-state index < -0.39 is 24.5 Å². The Hall–Kier alpha value is -2.98. The number of esters is 1. The zero-order chi connectivity index (χ0) is 21.5. The molecule has 0 aliphatic heterocycles. The van der Waals surface area contributed by atoms with Gasteiger partial charge in [0.15, 0.2) is 11.7 Å². The fraction of sp³-hybridized carbons (Fsp3) is 0.300. The van der Waals surface area contributed by atoms with Gasteiger partial charge in [0.2, 0.25) is 0 Å². The molecule has 0 saturated heterocycles. The van der Waals surface area contributed by atoms with Crippen LogP contribution in [0.5, 0.6) is 0 Å². The first-order valence-electron chi connectivity index (χ1n) is 9.44. The second-order valence-electron chi connectivity index (χ2n) is 6.24. The molecule has 3 rings (SSSR count). The number of urea groups is 1. The molecule has 0 aliphatic carbocycles. The number of fused-ring (bicyclic) bond motifs is 1. The van der Waals surface area contributed by atoms with Crippen molar-refractivity contribution in [2.75, 3.05) is 24.6 Å². The summed E-state index contributed by atoms with van der Waals surface area (Å²) in [5.74, 6) is -1.32. The average Bonchev–Trinajstić information content (AvgIpc) is 3.32. The number of thiophene rings is 1. The minimum Gasteiger partial charge on any atom is -0.451 e. The number of aromatic nitrogens is 1. The molecule has 0 spiro atoms. The first-order valence-corrected chi connectivity index (χ1v) is 11.1. The van der Waals surface area contributed by atoms with Crippen LogP contribution in [-0.2, 0) is 16.1 Å². The number of nitrogens with zero attached hydrogens (tertiary/aromatic N) is 2. The summed E-state index contributed by atoms with van der Waals surface area (Å²) in [6.45, 7) is 5.60. The van der Waals surface area contributed by atoms with Crippen molar-refractivity contribution in [3.8, 4) is 0 Å². The lowest BCUT2D eigenvalue weighted by molar-refractivity contribution is -0.123. The van der Waals surface area contributed by atoms with E-state index in [0.29, 0.717) is 4.88 Å². The molecule has 30 heavy (non-hydrogen) atoms. The molecule has 2 aromatic heterocycles. The molecule has 0 saturated carbocycles. The summed E-state index contributed by atoms with van der Waals surface area (Å²) in [7, 11) is 0. The zero-order valence-corrected chi connectivity index (χ0v) is 18.3. The van der Waals surface area contributed by atoms with E-state index in [0.717, 1.165) is 33.3 Å². The van der Waals surface area contributed by atoms with Crippen LogP contribution in [0.3, 0.4) is 0 Å². The van der Waals surface area contributed by atoms with Crippen molar-refractivity contribution in [3.05, 3.63) is 46.8 Å². The molecular weight excluding hydrogens is 424 g/mol. The molecule has 2 heterocycles. The van der Waals surface area contributed by atoms with Crippen LogP contribution in [-0.4, -0.2) is 42.6 Å². The summed E-state index contributed by atoms with van der Waals surface area (Å²) in [6, 6.07) is 10.4. The Bertz CT molecular complexity index is 997. The lowest BCUT2D eigenvalue weighted by Crippen LogP contribution is -2.41. The zero-order valence-electron chi connectivity index (χ0n) is 16.6. The molecular formula is C20H22N4O4S2. The number of rotatable bonds is 8. The topological polar surface area (TPSA) is 101 Å². The van der Waals surface area contributed by atoms with Gasteiger partial charge in [0.25, 0.3) is 5.91 Å². The number of carbonyl (C=O) groups excluding carboxylic acids is 3. The van der Waals surface area contributed by atoms with Crippen LogP contribution >= 0.6 is 22.7 Å². The van der Waals surface area contributed by atoms with Gasteiger partial charge >= 0.3 is 12.0 Å². The van der Waals surface area contributed by atoms with Gasteiger partial charge in [-0.15, -0.1) is 11.3 Å². The van der Waals surface area contributed by atoms with Crippen LogP contribution in [0.2, 0.25) is 0 Å². The van der Waals surface area contributed by atoms with Gasteiger partial charge in [-0.05, 0) is 25.5 Å². The number of ether oxygens (including phenoxy) is 1. The van der Waals surface area contributed by atoms with Gasteiger partial charge in [-0.3, -0.25) is 10.1 Å². The molecule has 158 valence electrons. The Labute approximate surface area is 181 Å². The summed E-state index contributed by atoms with van der Waals surface area (Å²) < 4.78 is 5.92. The van der Waals surface area contributed by atoms with Gasteiger partial charge in [0.05, 0.1) is 4.70 Å². The van der Waals surface area contributed by atoms with Crippen LogP contribution in [0.25, 0.3) is 9.53 Å². The maximum absolute atomic E-state index is 12.2. The first-order chi connectivity index (χ1) is 14.5. The monoisotopic (exact) mass is 446 g/mol. The van der Waals surface area contributed by atoms with Crippen molar-refractivity contribution in [2.45, 2.75) is 20.4 Å². The van der Waals surface area contributed by atoms with Gasteiger partial charge in [0.1, 0.15) is 9.71 Å². The number of benzene rings is 1. The molecule has 2 N–H and O–H groups in total. The third kappa shape index (κ3) is 5.55. The smallest absolute Gasteiger partial charge is 0.348 e. The average molecular weight is 447 g/mol. The van der Waals surface area contributed by atoms with Crippen LogP contribution in [0.4, 0.5) is 9.93 Å². The minimum atomic E-state index is -0.700. The summed E-state index contributed by atoms with van der Waals surface area (Å²) in [5, 5.41) is 5.62. The van der Waals surface area contributed by atoms with Crippen molar-refractivity contribution in [1.29, 1.82) is 0 Å². The highest BCUT2D eigenvalue weighted by Crippen LogP contribution is 2.34. The Morgan fingerprint density at radius 1 is 1.10 bits per heavy atom. The molecule has 0 atom stereocenters. The molecule has 1 aromatic carbocycles. The van der Waals surface area contributed by atoms with Crippen molar-refractivity contribution in [2.24, 2.45) is 0 Å². The van der Waals surface area contributed by atoms with E-state index in [4.69, 9.17) is 4.74 Å². The summed E-state index contributed by atoms with van der Waals surface area (Å²) in [5.41, 5.74) is 0.905. The van der Waals surface area contributed by atoms with Gasteiger partial charge in [-0.25, -0.2) is 14.6 Å². The second-order valence-corrected chi connectivity index (χ2v) is 8.28. The van der Waals surface area contributed by atoms with Crippen molar-refractivity contribution >= 4 is 55.2 Å². The number of thiazole rings is 1. The predicted octanol–water partition coefficient (Wildman–Crippen LogP) is 3.39. The Balaban J connectivity index is 1.46. The van der Waals surface area contributed by atoms with E-state index in [2.05, 4.69) is 34.4 Å².